The molecule has 4 heterocycles. The topological polar surface area (TPSA) is 102 Å². The Morgan fingerprint density at radius 2 is 1.81 bits per heavy atom. The number of piperazine rings is 1. The molecular weight excluding hydrogens is 486 g/mol. The van der Waals surface area contributed by atoms with E-state index in [-0.39, 0.29) is 18.0 Å². The summed E-state index contributed by atoms with van der Waals surface area (Å²) in [6.45, 7) is 5.69. The summed E-state index contributed by atoms with van der Waals surface area (Å²) in [4.78, 5) is 20.7. The molecule has 2 saturated carbocycles. The van der Waals surface area contributed by atoms with E-state index in [1.807, 2.05) is 12.1 Å². The van der Waals surface area contributed by atoms with Gasteiger partial charge in [0.25, 0.3) is 0 Å². The van der Waals surface area contributed by atoms with Crippen LogP contribution in [0.5, 0.6) is 0 Å². The predicted molar refractivity (Wildman–Crippen MR) is 146 cm³/mol. The van der Waals surface area contributed by atoms with Gasteiger partial charge >= 0.3 is 0 Å². The second kappa shape index (κ2) is 10.8. The molecule has 1 spiro atoms. The molecule has 2 atom stereocenters. The number of carbonyl (C=O) groups excluding carboxylic acids is 1. The molecule has 2 saturated heterocycles. The van der Waals surface area contributed by atoms with Crippen molar-refractivity contribution < 1.29 is 4.79 Å². The van der Waals surface area contributed by atoms with Gasteiger partial charge in [0.1, 0.15) is 0 Å². The van der Waals surface area contributed by atoms with Gasteiger partial charge in [0.15, 0.2) is 5.82 Å². The molecular formula is C26H39N9OS. The number of likely N-dealkylation sites (N-methyl/N-ethyl adjacent to an activating group) is 1. The maximum Gasteiger partial charge on any atom is 0.243 e. The van der Waals surface area contributed by atoms with Crippen LogP contribution in [0.3, 0.4) is 0 Å². The van der Waals surface area contributed by atoms with Crippen LogP contribution in [0, 0.1) is 11.3 Å². The van der Waals surface area contributed by atoms with Crippen molar-refractivity contribution in [3.05, 3.63) is 18.3 Å². The van der Waals surface area contributed by atoms with Gasteiger partial charge in [-0.3, -0.25) is 15.0 Å². The number of anilines is 3. The Labute approximate surface area is 223 Å². The molecule has 2 aromatic heterocycles. The third-order valence-corrected chi connectivity index (χ3v) is 9.97. The quantitative estimate of drug-likeness (QED) is 0.565. The lowest BCUT2D eigenvalue weighted by atomic mass is 9.58. The zero-order valence-corrected chi connectivity index (χ0v) is 22.6. The molecule has 4 aliphatic rings. The average molecular weight is 526 g/mol. The minimum Gasteiger partial charge on any atom is -0.355 e. The van der Waals surface area contributed by atoms with Gasteiger partial charge in [0, 0.05) is 51.5 Å². The van der Waals surface area contributed by atoms with Crippen molar-refractivity contribution in [1.82, 2.24) is 30.2 Å². The standard InChI is InChI=1S/C26H39N9OS/c1-33-14-16-34(17-15-33)22(19-5-10-26(11-6-19)8-3-9-26)23(36)29-25-32-31-24(37-25)28-20-7-13-35(18-20)21-4-2-12-27-30-21/h2,4,12,19-20,22H,3,5-11,13-18H2,1H3,(H,28,31)(H,29,32,36)/t20-,22-/m1/s1. The summed E-state index contributed by atoms with van der Waals surface area (Å²) < 4.78 is 0. The smallest absolute Gasteiger partial charge is 0.243 e. The SMILES string of the molecule is CN1CCN([C@@H](C(=O)Nc2nnc(N[C@@H]3CCN(c4cccnn4)C3)s2)C2CCC3(CCC3)CC2)CC1. The van der Waals surface area contributed by atoms with E-state index < -0.39 is 0 Å². The van der Waals surface area contributed by atoms with Gasteiger partial charge in [0.05, 0.1) is 6.04 Å². The molecule has 0 aromatic carbocycles. The molecule has 2 aliphatic carbocycles. The Hall–Kier alpha value is -2.37. The van der Waals surface area contributed by atoms with Crippen molar-refractivity contribution in [3.8, 4) is 0 Å². The fourth-order valence-electron chi connectivity index (χ4n) is 6.76. The lowest BCUT2D eigenvalue weighted by Crippen LogP contribution is -2.56. The first kappa shape index (κ1) is 24.9. The molecule has 1 amide bonds. The Bertz CT molecular complexity index is 1040. The fraction of sp³-hybridized carbons (Fsp3) is 0.731. The van der Waals surface area contributed by atoms with Gasteiger partial charge in [-0.15, -0.1) is 15.3 Å². The maximum absolute atomic E-state index is 13.7. The van der Waals surface area contributed by atoms with Crippen LogP contribution in [0.1, 0.15) is 51.4 Å². The van der Waals surface area contributed by atoms with Crippen molar-refractivity contribution in [3.63, 3.8) is 0 Å². The first-order valence-electron chi connectivity index (χ1n) is 13.9. The second-order valence-corrected chi connectivity index (χ2v) is 12.5. The number of nitrogens with one attached hydrogen (secondary N) is 2. The summed E-state index contributed by atoms with van der Waals surface area (Å²) in [5.41, 5.74) is 0.600. The van der Waals surface area contributed by atoms with Crippen molar-refractivity contribution >= 4 is 33.3 Å². The molecule has 0 bridgehead atoms. The van der Waals surface area contributed by atoms with Crippen LogP contribution in [0.2, 0.25) is 0 Å². The number of nitrogens with zero attached hydrogens (tertiary/aromatic N) is 7. The van der Waals surface area contributed by atoms with Gasteiger partial charge in [-0.2, -0.15) is 5.10 Å². The fourth-order valence-corrected chi connectivity index (χ4v) is 7.48. The number of carbonyl (C=O) groups is 1. The minimum absolute atomic E-state index is 0.0817. The largest absolute Gasteiger partial charge is 0.355 e. The van der Waals surface area contributed by atoms with E-state index >= 15 is 0 Å². The monoisotopic (exact) mass is 525 g/mol. The van der Waals surface area contributed by atoms with Gasteiger partial charge in [-0.1, -0.05) is 17.8 Å². The highest BCUT2D eigenvalue weighted by Gasteiger charge is 2.44. The molecule has 2 N–H and O–H groups in total. The Morgan fingerprint density at radius 3 is 2.51 bits per heavy atom. The number of aromatic nitrogens is 4. The van der Waals surface area contributed by atoms with E-state index in [0.29, 0.717) is 16.5 Å². The molecule has 4 fully saturated rings. The van der Waals surface area contributed by atoms with E-state index in [0.717, 1.165) is 69.5 Å². The van der Waals surface area contributed by atoms with E-state index in [1.165, 1.54) is 43.4 Å². The maximum atomic E-state index is 13.7. The van der Waals surface area contributed by atoms with Gasteiger partial charge in [0.2, 0.25) is 16.2 Å². The number of amides is 1. The van der Waals surface area contributed by atoms with Gasteiger partial charge in [-0.25, -0.2) is 0 Å². The third-order valence-electron chi connectivity index (χ3n) is 9.20. The molecule has 11 heteroatoms. The summed E-state index contributed by atoms with van der Waals surface area (Å²) in [6, 6.07) is 4.08. The van der Waals surface area contributed by atoms with Crippen LogP contribution in [-0.2, 0) is 4.79 Å². The van der Waals surface area contributed by atoms with Crippen LogP contribution in [0.25, 0.3) is 0 Å². The summed E-state index contributed by atoms with van der Waals surface area (Å²) >= 11 is 1.43. The average Bonchev–Trinajstić information content (AvgIpc) is 3.55. The Morgan fingerprint density at radius 1 is 1.03 bits per heavy atom. The molecule has 200 valence electrons. The Balaban J connectivity index is 1.07. The summed E-state index contributed by atoms with van der Waals surface area (Å²) in [7, 11) is 2.17. The molecule has 6 rings (SSSR count). The highest BCUT2D eigenvalue weighted by Crippen LogP contribution is 2.53. The van der Waals surface area contributed by atoms with Crippen LogP contribution < -0.4 is 15.5 Å². The van der Waals surface area contributed by atoms with E-state index in [4.69, 9.17) is 0 Å². The predicted octanol–water partition coefficient (Wildman–Crippen LogP) is 2.93. The van der Waals surface area contributed by atoms with Crippen LogP contribution in [0.15, 0.2) is 18.3 Å². The lowest BCUT2D eigenvalue weighted by Gasteiger charge is -2.49. The first-order valence-corrected chi connectivity index (χ1v) is 14.7. The highest BCUT2D eigenvalue weighted by molar-refractivity contribution is 7.19. The second-order valence-electron chi connectivity index (χ2n) is 11.5. The van der Waals surface area contributed by atoms with E-state index in [2.05, 4.69) is 52.8 Å². The zero-order valence-electron chi connectivity index (χ0n) is 21.8. The number of hydrogen-bond acceptors (Lipinski definition) is 10. The molecule has 10 nitrogen and oxygen atoms in total. The van der Waals surface area contributed by atoms with E-state index in [1.54, 1.807) is 6.20 Å². The van der Waals surface area contributed by atoms with Crippen molar-refractivity contribution in [2.45, 2.75) is 63.5 Å². The lowest BCUT2D eigenvalue weighted by molar-refractivity contribution is -0.125. The van der Waals surface area contributed by atoms with Crippen molar-refractivity contribution in [2.24, 2.45) is 11.3 Å². The molecule has 37 heavy (non-hydrogen) atoms. The van der Waals surface area contributed by atoms with Gasteiger partial charge in [-0.05, 0) is 75.5 Å². The zero-order chi connectivity index (χ0) is 25.2. The van der Waals surface area contributed by atoms with Crippen LogP contribution in [-0.4, -0.2) is 94.5 Å². The first-order chi connectivity index (χ1) is 18.1. The van der Waals surface area contributed by atoms with Crippen LogP contribution in [0.4, 0.5) is 16.1 Å². The summed E-state index contributed by atoms with van der Waals surface area (Å²) in [5, 5.41) is 24.9. The summed E-state index contributed by atoms with van der Waals surface area (Å²) in [6.07, 6.45) is 11.8. The number of rotatable bonds is 7. The number of hydrogen-bond donors (Lipinski definition) is 2. The van der Waals surface area contributed by atoms with Crippen molar-refractivity contribution in [1.29, 1.82) is 0 Å². The normalized spacial score (nSPS) is 25.6. The van der Waals surface area contributed by atoms with Crippen molar-refractivity contribution in [2.75, 3.05) is 61.8 Å². The van der Waals surface area contributed by atoms with E-state index in [9.17, 15) is 4.79 Å². The third kappa shape index (κ3) is 5.58. The Kier molecular flexibility index (Phi) is 7.27. The van der Waals surface area contributed by atoms with Gasteiger partial charge < -0.3 is 15.1 Å². The molecule has 2 aromatic rings. The highest BCUT2D eigenvalue weighted by atomic mass is 32.1. The molecule has 0 radical (unpaired) electrons. The summed E-state index contributed by atoms with van der Waals surface area (Å²) in [5.74, 6) is 1.42. The minimum atomic E-state index is -0.0817. The molecule has 2 aliphatic heterocycles. The molecule has 0 unspecified atom stereocenters. The van der Waals surface area contributed by atoms with Crippen LogP contribution >= 0.6 is 11.3 Å².